The van der Waals surface area contributed by atoms with Gasteiger partial charge in [0.05, 0.1) is 0 Å². The predicted octanol–water partition coefficient (Wildman–Crippen LogP) is 3.03. The molecule has 0 radical (unpaired) electrons. The Morgan fingerprint density at radius 3 is 2.41 bits per heavy atom. The number of hydrazone groups is 1. The number of nitrogens with zero attached hydrogens (tertiary/aromatic N) is 2. The molecule has 1 unspecified atom stereocenters. The van der Waals surface area contributed by atoms with Gasteiger partial charge in [0.15, 0.2) is 5.17 Å². The molecule has 2 rings (SSSR count). The van der Waals surface area contributed by atoms with Crippen molar-refractivity contribution in [3.05, 3.63) is 35.9 Å². The highest BCUT2D eigenvalue weighted by Crippen LogP contribution is 2.47. The predicted molar refractivity (Wildman–Crippen MR) is 89.0 cm³/mol. The zero-order valence-electron chi connectivity index (χ0n) is 13.1. The van der Waals surface area contributed by atoms with E-state index in [1.165, 1.54) is 16.8 Å². The van der Waals surface area contributed by atoms with Gasteiger partial charge in [0, 0.05) is 12.8 Å². The van der Waals surface area contributed by atoms with Crippen molar-refractivity contribution >= 4 is 28.7 Å². The molecule has 0 aromatic heterocycles. The third-order valence-corrected chi connectivity index (χ3v) is 5.02. The summed E-state index contributed by atoms with van der Waals surface area (Å²) >= 11 is 1.43. The summed E-state index contributed by atoms with van der Waals surface area (Å²) in [5.74, 6) is -0.158. The molecule has 0 saturated carbocycles. The molecule has 0 bridgehead atoms. The van der Waals surface area contributed by atoms with Crippen LogP contribution in [0.15, 0.2) is 35.4 Å². The first-order valence-corrected chi connectivity index (χ1v) is 8.35. The highest BCUT2D eigenvalue weighted by atomic mass is 32.2. The summed E-state index contributed by atoms with van der Waals surface area (Å²) in [7, 11) is 0. The third-order valence-electron chi connectivity index (χ3n) is 3.61. The van der Waals surface area contributed by atoms with Crippen LogP contribution in [0.25, 0.3) is 0 Å². The van der Waals surface area contributed by atoms with Gasteiger partial charge in [-0.05, 0) is 12.0 Å². The SMILES string of the molecule is CCC(=O)NC1=NN(C(=O)CC)C(CC)(c2ccccc2)S1. The van der Waals surface area contributed by atoms with E-state index in [9.17, 15) is 9.59 Å². The standard InChI is InChI=1S/C16H21N3O2S/c1-4-13(20)17-15-18-19(14(21)5-2)16(6-3,22-15)12-10-8-7-9-11-12/h7-11H,4-6H2,1-3H3,(H,17,18,20). The largest absolute Gasteiger partial charge is 0.304 e. The maximum atomic E-state index is 12.4. The van der Waals surface area contributed by atoms with E-state index in [2.05, 4.69) is 10.4 Å². The van der Waals surface area contributed by atoms with Crippen LogP contribution < -0.4 is 5.32 Å². The van der Waals surface area contributed by atoms with Crippen LogP contribution >= 0.6 is 11.8 Å². The molecule has 1 aliphatic heterocycles. The Balaban J connectivity index is 2.40. The second-order valence-corrected chi connectivity index (χ2v) is 6.24. The third kappa shape index (κ3) is 3.02. The lowest BCUT2D eigenvalue weighted by atomic mass is 10.0. The highest BCUT2D eigenvalue weighted by molar-refractivity contribution is 8.14. The lowest BCUT2D eigenvalue weighted by molar-refractivity contribution is -0.134. The first-order valence-electron chi connectivity index (χ1n) is 7.53. The van der Waals surface area contributed by atoms with Gasteiger partial charge in [0.1, 0.15) is 4.87 Å². The molecule has 1 atom stereocenters. The van der Waals surface area contributed by atoms with Gasteiger partial charge in [-0.3, -0.25) is 9.59 Å². The molecule has 5 nitrogen and oxygen atoms in total. The van der Waals surface area contributed by atoms with Crippen LogP contribution in [0.2, 0.25) is 0 Å². The molecule has 0 aliphatic carbocycles. The Hall–Kier alpha value is -1.82. The van der Waals surface area contributed by atoms with E-state index in [0.717, 1.165) is 5.56 Å². The van der Waals surface area contributed by atoms with Crippen molar-refractivity contribution in [3.63, 3.8) is 0 Å². The molecule has 0 saturated heterocycles. The monoisotopic (exact) mass is 319 g/mol. The highest BCUT2D eigenvalue weighted by Gasteiger charge is 2.46. The van der Waals surface area contributed by atoms with Crippen molar-refractivity contribution in [2.75, 3.05) is 0 Å². The van der Waals surface area contributed by atoms with Gasteiger partial charge < -0.3 is 5.32 Å². The molecule has 1 aliphatic rings. The number of nitrogens with one attached hydrogen (secondary N) is 1. The van der Waals surface area contributed by atoms with E-state index in [-0.39, 0.29) is 11.8 Å². The Morgan fingerprint density at radius 2 is 1.86 bits per heavy atom. The van der Waals surface area contributed by atoms with Crippen LogP contribution in [0.3, 0.4) is 0 Å². The number of carbonyl (C=O) groups is 2. The summed E-state index contributed by atoms with van der Waals surface area (Å²) in [5, 5.41) is 9.17. The van der Waals surface area contributed by atoms with Gasteiger partial charge in [-0.2, -0.15) is 0 Å². The molecule has 1 heterocycles. The molecule has 118 valence electrons. The number of amides is 2. The first kappa shape index (κ1) is 16.5. The summed E-state index contributed by atoms with van der Waals surface area (Å²) in [6, 6.07) is 9.83. The van der Waals surface area contributed by atoms with E-state index >= 15 is 0 Å². The van der Waals surface area contributed by atoms with E-state index in [1.54, 1.807) is 6.92 Å². The summed E-state index contributed by atoms with van der Waals surface area (Å²) < 4.78 is 0. The maximum Gasteiger partial charge on any atom is 0.244 e. The normalized spacial score (nSPS) is 20.7. The molecular formula is C16H21N3O2S. The number of benzene rings is 1. The van der Waals surface area contributed by atoms with E-state index < -0.39 is 4.87 Å². The van der Waals surface area contributed by atoms with Crippen molar-refractivity contribution in [2.45, 2.75) is 44.9 Å². The number of rotatable bonds is 4. The van der Waals surface area contributed by atoms with Crippen LogP contribution in [0, 0.1) is 0 Å². The number of amidine groups is 1. The fourth-order valence-corrected chi connectivity index (χ4v) is 3.60. The van der Waals surface area contributed by atoms with E-state index in [1.807, 2.05) is 44.2 Å². The van der Waals surface area contributed by atoms with Crippen LogP contribution in [0.4, 0.5) is 0 Å². The zero-order chi connectivity index (χ0) is 16.2. The average Bonchev–Trinajstić information content (AvgIpc) is 2.94. The van der Waals surface area contributed by atoms with Gasteiger partial charge in [0.25, 0.3) is 0 Å². The summed E-state index contributed by atoms with van der Waals surface area (Å²) in [6.45, 7) is 5.63. The number of hydrogen-bond donors (Lipinski definition) is 1. The zero-order valence-corrected chi connectivity index (χ0v) is 13.9. The van der Waals surface area contributed by atoms with Gasteiger partial charge >= 0.3 is 0 Å². The fourth-order valence-electron chi connectivity index (χ4n) is 2.37. The molecule has 22 heavy (non-hydrogen) atoms. The number of hydrogen-bond acceptors (Lipinski definition) is 4. The van der Waals surface area contributed by atoms with Gasteiger partial charge in [-0.15, -0.1) is 5.10 Å². The minimum absolute atomic E-state index is 0.0565. The molecule has 6 heteroatoms. The van der Waals surface area contributed by atoms with Crippen LogP contribution in [-0.2, 0) is 14.5 Å². The van der Waals surface area contributed by atoms with Crippen molar-refractivity contribution in [2.24, 2.45) is 5.10 Å². The fraction of sp³-hybridized carbons (Fsp3) is 0.438. The Morgan fingerprint density at radius 1 is 1.18 bits per heavy atom. The van der Waals surface area contributed by atoms with Crippen LogP contribution in [-0.4, -0.2) is 22.0 Å². The van der Waals surface area contributed by atoms with Crippen molar-refractivity contribution < 1.29 is 9.59 Å². The van der Waals surface area contributed by atoms with Crippen molar-refractivity contribution in [1.29, 1.82) is 0 Å². The molecule has 1 aromatic carbocycles. The summed E-state index contributed by atoms with van der Waals surface area (Å²) in [5.41, 5.74) is 1.01. The molecule has 1 aromatic rings. The lowest BCUT2D eigenvalue weighted by Crippen LogP contribution is -2.40. The van der Waals surface area contributed by atoms with Gasteiger partial charge in [-0.1, -0.05) is 62.9 Å². The lowest BCUT2D eigenvalue weighted by Gasteiger charge is -2.34. The molecule has 1 N–H and O–H groups in total. The molecule has 0 fully saturated rings. The maximum absolute atomic E-state index is 12.4. The second kappa shape index (κ2) is 6.96. The summed E-state index contributed by atoms with van der Waals surface area (Å²) in [4.78, 5) is 23.4. The van der Waals surface area contributed by atoms with E-state index in [4.69, 9.17) is 0 Å². The number of thioether (sulfide) groups is 1. The Labute approximate surface area is 135 Å². The Bertz CT molecular complexity index is 588. The average molecular weight is 319 g/mol. The molecular weight excluding hydrogens is 298 g/mol. The number of carbonyl (C=O) groups excluding carboxylic acids is 2. The molecule has 2 amide bonds. The van der Waals surface area contributed by atoms with Crippen molar-refractivity contribution in [3.8, 4) is 0 Å². The van der Waals surface area contributed by atoms with Crippen LogP contribution in [0.5, 0.6) is 0 Å². The van der Waals surface area contributed by atoms with Gasteiger partial charge in [-0.25, -0.2) is 5.01 Å². The van der Waals surface area contributed by atoms with Crippen molar-refractivity contribution in [1.82, 2.24) is 10.3 Å². The molecule has 0 spiro atoms. The second-order valence-electron chi connectivity index (χ2n) is 4.97. The minimum Gasteiger partial charge on any atom is -0.304 e. The smallest absolute Gasteiger partial charge is 0.244 e. The topological polar surface area (TPSA) is 61.8 Å². The van der Waals surface area contributed by atoms with E-state index in [0.29, 0.717) is 24.4 Å². The summed E-state index contributed by atoms with van der Waals surface area (Å²) in [6.07, 6.45) is 1.45. The van der Waals surface area contributed by atoms with Crippen LogP contribution in [0.1, 0.15) is 45.6 Å². The quantitative estimate of drug-likeness (QED) is 0.928. The Kier molecular flexibility index (Phi) is 5.24. The van der Waals surface area contributed by atoms with Gasteiger partial charge in [0.2, 0.25) is 11.8 Å². The first-order chi connectivity index (χ1) is 10.6. The minimum atomic E-state index is -0.593.